The van der Waals surface area contributed by atoms with E-state index in [0.717, 1.165) is 18.2 Å². The molecule has 0 unspecified atom stereocenters. The van der Waals surface area contributed by atoms with Crippen molar-refractivity contribution in [3.8, 4) is 5.75 Å². The summed E-state index contributed by atoms with van der Waals surface area (Å²) in [7, 11) is 0. The van der Waals surface area contributed by atoms with Gasteiger partial charge in [0.25, 0.3) is 18.8 Å². The number of nitrogens with one attached hydrogen (secondary N) is 1. The molecular formula is C18H11ClF7N3O3. The van der Waals surface area contributed by atoms with Gasteiger partial charge in [0.05, 0.1) is 17.3 Å². The summed E-state index contributed by atoms with van der Waals surface area (Å²) in [6.07, 6.45) is -6.41. The Hall–Kier alpha value is -3.22. The second kappa shape index (κ2) is 9.51. The molecular weight excluding hydrogens is 475 g/mol. The normalized spacial score (nSPS) is 11.6. The molecule has 0 atom stereocenters. The SMILES string of the molecule is O=C(Nc1ccc(F)cc1OC(F)F)c1ccc(Cn2nc(C(F)F)c(Cl)c2C(F)F)o1. The first-order valence-corrected chi connectivity index (χ1v) is 8.91. The third-order valence-electron chi connectivity index (χ3n) is 3.97. The van der Waals surface area contributed by atoms with E-state index in [1.54, 1.807) is 0 Å². The lowest BCUT2D eigenvalue weighted by Crippen LogP contribution is -2.13. The van der Waals surface area contributed by atoms with Crippen molar-refractivity contribution in [3.05, 3.63) is 64.1 Å². The highest BCUT2D eigenvalue weighted by Crippen LogP contribution is 2.35. The lowest BCUT2D eigenvalue weighted by Gasteiger charge is -2.11. The molecule has 0 aliphatic heterocycles. The van der Waals surface area contributed by atoms with Crippen LogP contribution in [0.5, 0.6) is 5.75 Å². The number of aromatic nitrogens is 2. The van der Waals surface area contributed by atoms with Crippen molar-refractivity contribution in [2.24, 2.45) is 0 Å². The van der Waals surface area contributed by atoms with Crippen molar-refractivity contribution in [1.82, 2.24) is 9.78 Å². The van der Waals surface area contributed by atoms with Crippen LogP contribution in [0.4, 0.5) is 36.4 Å². The van der Waals surface area contributed by atoms with Crippen LogP contribution in [0.3, 0.4) is 0 Å². The Labute approximate surface area is 179 Å². The molecule has 1 N–H and O–H groups in total. The second-order valence-corrected chi connectivity index (χ2v) is 6.46. The van der Waals surface area contributed by atoms with Crippen LogP contribution in [-0.4, -0.2) is 22.3 Å². The van der Waals surface area contributed by atoms with E-state index in [1.807, 2.05) is 0 Å². The Balaban J connectivity index is 1.80. The van der Waals surface area contributed by atoms with Crippen LogP contribution >= 0.6 is 11.6 Å². The van der Waals surface area contributed by atoms with Gasteiger partial charge in [-0.25, -0.2) is 22.0 Å². The third-order valence-corrected chi connectivity index (χ3v) is 4.36. The summed E-state index contributed by atoms with van der Waals surface area (Å²) in [5.41, 5.74) is -2.28. The number of nitrogens with zero attached hydrogens (tertiary/aromatic N) is 2. The molecule has 1 amide bonds. The van der Waals surface area contributed by atoms with Crippen molar-refractivity contribution in [2.45, 2.75) is 26.0 Å². The zero-order chi connectivity index (χ0) is 23.6. The van der Waals surface area contributed by atoms with Gasteiger partial charge in [0.2, 0.25) is 0 Å². The number of anilines is 1. The molecule has 0 saturated carbocycles. The molecule has 32 heavy (non-hydrogen) atoms. The molecule has 3 aromatic rings. The number of halogens is 8. The number of carbonyl (C=O) groups excluding carboxylic acids is 1. The molecule has 2 heterocycles. The van der Waals surface area contributed by atoms with Gasteiger partial charge in [-0.15, -0.1) is 0 Å². The molecule has 0 spiro atoms. The number of carbonyl (C=O) groups is 1. The Morgan fingerprint density at radius 2 is 1.84 bits per heavy atom. The maximum Gasteiger partial charge on any atom is 0.387 e. The van der Waals surface area contributed by atoms with E-state index >= 15 is 0 Å². The number of hydrogen-bond acceptors (Lipinski definition) is 4. The highest BCUT2D eigenvalue weighted by atomic mass is 35.5. The van der Waals surface area contributed by atoms with E-state index in [0.29, 0.717) is 10.7 Å². The second-order valence-electron chi connectivity index (χ2n) is 6.08. The minimum absolute atomic E-state index is 0.125. The summed E-state index contributed by atoms with van der Waals surface area (Å²) >= 11 is 5.56. The van der Waals surface area contributed by atoms with E-state index in [2.05, 4.69) is 15.2 Å². The van der Waals surface area contributed by atoms with Crippen LogP contribution in [0.25, 0.3) is 0 Å². The summed E-state index contributed by atoms with van der Waals surface area (Å²) in [6, 6.07) is 4.78. The summed E-state index contributed by atoms with van der Waals surface area (Å²) in [5.74, 6) is -3.02. The number of benzene rings is 1. The molecule has 14 heteroatoms. The number of rotatable bonds is 8. The average Bonchev–Trinajstić information content (AvgIpc) is 3.28. The van der Waals surface area contributed by atoms with E-state index in [9.17, 15) is 35.5 Å². The number of alkyl halides is 6. The molecule has 0 aliphatic rings. The number of ether oxygens (including phenoxy) is 1. The first kappa shape index (κ1) is 23.4. The van der Waals surface area contributed by atoms with Gasteiger partial charge in [-0.3, -0.25) is 9.48 Å². The van der Waals surface area contributed by atoms with Crippen LogP contribution in [0.15, 0.2) is 34.7 Å². The molecule has 0 fully saturated rings. The molecule has 0 bridgehead atoms. The Bertz CT molecular complexity index is 1120. The zero-order valence-electron chi connectivity index (χ0n) is 15.5. The van der Waals surface area contributed by atoms with Crippen molar-refractivity contribution >= 4 is 23.2 Å². The van der Waals surface area contributed by atoms with Crippen molar-refractivity contribution < 1.29 is 44.7 Å². The van der Waals surface area contributed by atoms with Gasteiger partial charge < -0.3 is 14.5 Å². The molecule has 2 aromatic heterocycles. The van der Waals surface area contributed by atoms with E-state index in [-0.39, 0.29) is 11.4 Å². The molecule has 0 saturated heterocycles. The molecule has 0 radical (unpaired) electrons. The highest BCUT2D eigenvalue weighted by molar-refractivity contribution is 6.32. The topological polar surface area (TPSA) is 69.3 Å². The Morgan fingerprint density at radius 3 is 2.47 bits per heavy atom. The lowest BCUT2D eigenvalue weighted by molar-refractivity contribution is -0.0495. The Morgan fingerprint density at radius 1 is 1.12 bits per heavy atom. The molecule has 3 rings (SSSR count). The molecule has 6 nitrogen and oxygen atoms in total. The summed E-state index contributed by atoms with van der Waals surface area (Å²) in [5, 5.41) is 4.65. The quantitative estimate of drug-likeness (QED) is 0.395. The summed E-state index contributed by atoms with van der Waals surface area (Å²) in [4.78, 5) is 12.3. The number of amides is 1. The van der Waals surface area contributed by atoms with Gasteiger partial charge in [-0.2, -0.15) is 13.9 Å². The monoisotopic (exact) mass is 485 g/mol. The third kappa shape index (κ3) is 5.15. The number of hydrogen-bond donors (Lipinski definition) is 1. The van der Waals surface area contributed by atoms with Gasteiger partial charge in [-0.05, 0) is 24.3 Å². The lowest BCUT2D eigenvalue weighted by atomic mass is 10.2. The fourth-order valence-corrected chi connectivity index (χ4v) is 2.95. The van der Waals surface area contributed by atoms with Crippen LogP contribution in [-0.2, 0) is 6.54 Å². The predicted molar refractivity (Wildman–Crippen MR) is 95.9 cm³/mol. The van der Waals surface area contributed by atoms with E-state index in [1.165, 1.54) is 6.07 Å². The minimum atomic E-state index is -3.29. The largest absolute Gasteiger partial charge is 0.454 e. The smallest absolute Gasteiger partial charge is 0.387 e. The number of furan rings is 1. The van der Waals surface area contributed by atoms with Crippen LogP contribution in [0, 0.1) is 5.82 Å². The first-order chi connectivity index (χ1) is 15.1. The van der Waals surface area contributed by atoms with E-state index in [4.69, 9.17) is 16.0 Å². The van der Waals surface area contributed by atoms with Crippen LogP contribution < -0.4 is 10.1 Å². The van der Waals surface area contributed by atoms with Gasteiger partial charge in [0, 0.05) is 6.07 Å². The Kier molecular flexibility index (Phi) is 6.96. The van der Waals surface area contributed by atoms with E-state index < -0.39 is 65.7 Å². The van der Waals surface area contributed by atoms with Gasteiger partial charge in [0.1, 0.15) is 23.0 Å². The maximum absolute atomic E-state index is 13.3. The average molecular weight is 486 g/mol. The molecule has 172 valence electrons. The van der Waals surface area contributed by atoms with Crippen LogP contribution in [0.1, 0.15) is 40.6 Å². The summed E-state index contributed by atoms with van der Waals surface area (Å²) in [6.45, 7) is -3.85. The zero-order valence-corrected chi connectivity index (χ0v) is 16.2. The van der Waals surface area contributed by atoms with Gasteiger partial charge in [-0.1, -0.05) is 11.6 Å². The predicted octanol–water partition coefficient (Wildman–Crippen LogP) is 6.05. The van der Waals surface area contributed by atoms with Crippen molar-refractivity contribution in [3.63, 3.8) is 0 Å². The van der Waals surface area contributed by atoms with Crippen LogP contribution in [0.2, 0.25) is 5.02 Å². The molecule has 1 aromatic carbocycles. The van der Waals surface area contributed by atoms with Crippen molar-refractivity contribution in [1.29, 1.82) is 0 Å². The van der Waals surface area contributed by atoms with Gasteiger partial charge >= 0.3 is 6.61 Å². The maximum atomic E-state index is 13.3. The minimum Gasteiger partial charge on any atom is -0.454 e. The van der Waals surface area contributed by atoms with Gasteiger partial charge in [0.15, 0.2) is 11.5 Å². The first-order valence-electron chi connectivity index (χ1n) is 8.53. The molecule has 0 aliphatic carbocycles. The standard InChI is InChI=1S/C18H11ClF7N3O3/c19-12-13(15(21)22)28-29(14(12)16(23)24)6-8-2-4-10(31-8)17(30)27-9-3-1-7(20)5-11(9)32-18(25)26/h1-5,15-16,18H,6H2,(H,27,30). The fourth-order valence-electron chi connectivity index (χ4n) is 2.65. The summed E-state index contributed by atoms with van der Waals surface area (Å²) < 4.78 is 100. The van der Waals surface area contributed by atoms with Crippen molar-refractivity contribution in [2.75, 3.05) is 5.32 Å². The highest BCUT2D eigenvalue weighted by Gasteiger charge is 2.28. The fraction of sp³-hybridized carbons (Fsp3) is 0.222.